The monoisotopic (exact) mass is 324 g/mol. The Labute approximate surface area is 125 Å². The zero-order chi connectivity index (χ0) is 15.9. The van der Waals surface area contributed by atoms with Gasteiger partial charge < -0.3 is 9.84 Å². The number of aliphatic hydroxyl groups is 1. The fourth-order valence-corrected chi connectivity index (χ4v) is 2.93. The molecule has 0 radical (unpaired) electrons. The molecule has 0 amide bonds. The molecule has 0 aliphatic heterocycles. The summed E-state index contributed by atoms with van der Waals surface area (Å²) in [6.45, 7) is 0. The summed E-state index contributed by atoms with van der Waals surface area (Å²) in [5.41, 5.74) is 0. The number of alkyl halides is 3. The van der Waals surface area contributed by atoms with Crippen LogP contribution in [0.25, 0.3) is 0 Å². The third-order valence-corrected chi connectivity index (χ3v) is 4.23. The van der Waals surface area contributed by atoms with E-state index in [9.17, 15) is 23.1 Å². The van der Waals surface area contributed by atoms with Gasteiger partial charge in [-0.05, 0) is 37.8 Å². The van der Waals surface area contributed by atoms with Gasteiger partial charge in [0, 0.05) is 22.6 Å². The number of rotatable bonds is 8. The maximum Gasteiger partial charge on any atom is 0.389 e. The minimum Gasteiger partial charge on any atom is -0.469 e. The van der Waals surface area contributed by atoms with Crippen molar-refractivity contribution in [3.05, 3.63) is 21.9 Å². The minimum atomic E-state index is -4.17. The summed E-state index contributed by atoms with van der Waals surface area (Å²) in [7, 11) is 1.34. The van der Waals surface area contributed by atoms with Crippen LogP contribution in [0.2, 0.25) is 0 Å². The Kier molecular flexibility index (Phi) is 7.17. The number of esters is 1. The Morgan fingerprint density at radius 1 is 1.38 bits per heavy atom. The lowest BCUT2D eigenvalue weighted by Crippen LogP contribution is -2.07. The van der Waals surface area contributed by atoms with Crippen LogP contribution in [0, 0.1) is 0 Å². The smallest absolute Gasteiger partial charge is 0.389 e. The third-order valence-electron chi connectivity index (χ3n) is 2.98. The van der Waals surface area contributed by atoms with E-state index >= 15 is 0 Å². The SMILES string of the molecule is COC(=O)CCCc1ccc(C(O)CCCC(F)(F)F)s1. The van der Waals surface area contributed by atoms with Gasteiger partial charge in [-0.15, -0.1) is 11.3 Å². The highest BCUT2D eigenvalue weighted by Crippen LogP contribution is 2.30. The Hall–Kier alpha value is -1.08. The Balaban J connectivity index is 2.34. The number of ether oxygens (including phenoxy) is 1. The first-order chi connectivity index (χ1) is 9.81. The van der Waals surface area contributed by atoms with Crippen molar-refractivity contribution in [3.8, 4) is 0 Å². The summed E-state index contributed by atoms with van der Waals surface area (Å²) in [4.78, 5) is 12.6. The summed E-state index contributed by atoms with van der Waals surface area (Å²) >= 11 is 1.37. The lowest BCUT2D eigenvalue weighted by molar-refractivity contribution is -0.140. The number of halogens is 3. The predicted molar refractivity (Wildman–Crippen MR) is 74.1 cm³/mol. The Morgan fingerprint density at radius 2 is 2.10 bits per heavy atom. The second kappa shape index (κ2) is 8.38. The predicted octanol–water partition coefficient (Wildman–Crippen LogP) is 4.01. The van der Waals surface area contributed by atoms with Crippen LogP contribution in [-0.2, 0) is 16.0 Å². The van der Waals surface area contributed by atoms with Crippen LogP contribution in [0.4, 0.5) is 13.2 Å². The molecule has 1 rings (SSSR count). The first-order valence-corrected chi connectivity index (χ1v) is 7.53. The maximum absolute atomic E-state index is 12.0. The van der Waals surface area contributed by atoms with Gasteiger partial charge in [0.05, 0.1) is 13.2 Å². The van der Waals surface area contributed by atoms with Crippen molar-refractivity contribution in [1.29, 1.82) is 0 Å². The number of thiophene rings is 1. The second-order valence-corrected chi connectivity index (χ2v) is 5.96. The standard InChI is InChI=1S/C14H19F3O3S/c1-20-13(19)6-2-4-10-7-8-12(21-10)11(18)5-3-9-14(15,16)17/h7-8,11,18H,2-6,9H2,1H3. The van der Waals surface area contributed by atoms with Crippen LogP contribution in [0.1, 0.15) is 48.0 Å². The molecule has 120 valence electrons. The molecule has 0 aliphatic carbocycles. The first kappa shape index (κ1) is 18.0. The van der Waals surface area contributed by atoms with Crippen LogP contribution in [0.3, 0.4) is 0 Å². The average Bonchev–Trinajstić information content (AvgIpc) is 2.85. The summed E-state index contributed by atoms with van der Waals surface area (Å²) in [6, 6.07) is 3.57. The highest BCUT2D eigenvalue weighted by molar-refractivity contribution is 7.12. The molecular weight excluding hydrogens is 305 g/mol. The molecule has 0 aliphatic rings. The average molecular weight is 324 g/mol. The highest BCUT2D eigenvalue weighted by atomic mass is 32.1. The van der Waals surface area contributed by atoms with E-state index < -0.39 is 18.7 Å². The Morgan fingerprint density at radius 3 is 2.71 bits per heavy atom. The molecule has 1 heterocycles. The molecule has 0 fully saturated rings. The molecule has 0 spiro atoms. The lowest BCUT2D eigenvalue weighted by Gasteiger charge is -2.09. The molecule has 1 atom stereocenters. The molecule has 7 heteroatoms. The van der Waals surface area contributed by atoms with E-state index in [-0.39, 0.29) is 18.8 Å². The number of carbonyl (C=O) groups is 1. The molecular formula is C14H19F3O3S. The molecule has 21 heavy (non-hydrogen) atoms. The molecule has 0 saturated carbocycles. The molecule has 1 aromatic rings. The zero-order valence-corrected chi connectivity index (χ0v) is 12.6. The molecule has 0 bridgehead atoms. The van der Waals surface area contributed by atoms with Crippen molar-refractivity contribution in [1.82, 2.24) is 0 Å². The number of aryl methyl sites for hydroxylation is 1. The number of aliphatic hydroxyl groups excluding tert-OH is 1. The fourth-order valence-electron chi connectivity index (χ4n) is 1.86. The van der Waals surface area contributed by atoms with E-state index in [0.29, 0.717) is 24.1 Å². The summed E-state index contributed by atoms with van der Waals surface area (Å²) < 4.78 is 40.6. The quantitative estimate of drug-likeness (QED) is 0.735. The van der Waals surface area contributed by atoms with E-state index in [1.54, 1.807) is 6.07 Å². The van der Waals surface area contributed by atoms with Crippen LogP contribution < -0.4 is 0 Å². The number of carbonyl (C=O) groups excluding carboxylic acids is 1. The number of methoxy groups -OCH3 is 1. The van der Waals surface area contributed by atoms with E-state index in [1.165, 1.54) is 18.4 Å². The molecule has 3 nitrogen and oxygen atoms in total. The van der Waals surface area contributed by atoms with Gasteiger partial charge in [-0.1, -0.05) is 0 Å². The van der Waals surface area contributed by atoms with Crippen LogP contribution in [-0.4, -0.2) is 24.4 Å². The van der Waals surface area contributed by atoms with Gasteiger partial charge in [-0.25, -0.2) is 0 Å². The minimum absolute atomic E-state index is 0.0831. The van der Waals surface area contributed by atoms with Crippen LogP contribution in [0.5, 0.6) is 0 Å². The summed E-state index contributed by atoms with van der Waals surface area (Å²) in [6.07, 6.45) is -4.21. The summed E-state index contributed by atoms with van der Waals surface area (Å²) in [5, 5.41) is 9.85. The van der Waals surface area contributed by atoms with Crippen molar-refractivity contribution in [2.24, 2.45) is 0 Å². The zero-order valence-electron chi connectivity index (χ0n) is 11.8. The second-order valence-electron chi connectivity index (χ2n) is 4.76. The van der Waals surface area contributed by atoms with Gasteiger partial charge in [0.1, 0.15) is 0 Å². The van der Waals surface area contributed by atoms with Crippen molar-refractivity contribution in [2.75, 3.05) is 7.11 Å². The number of hydrogen-bond donors (Lipinski definition) is 1. The van der Waals surface area contributed by atoms with Gasteiger partial charge in [0.15, 0.2) is 0 Å². The summed E-state index contributed by atoms with van der Waals surface area (Å²) in [5.74, 6) is -0.265. The maximum atomic E-state index is 12.0. The van der Waals surface area contributed by atoms with E-state index in [0.717, 1.165) is 4.88 Å². The van der Waals surface area contributed by atoms with Gasteiger partial charge in [-0.2, -0.15) is 13.2 Å². The van der Waals surface area contributed by atoms with Gasteiger partial charge in [0.25, 0.3) is 0 Å². The van der Waals surface area contributed by atoms with E-state index in [4.69, 9.17) is 0 Å². The van der Waals surface area contributed by atoms with Gasteiger partial charge in [0.2, 0.25) is 0 Å². The first-order valence-electron chi connectivity index (χ1n) is 6.72. The van der Waals surface area contributed by atoms with Crippen molar-refractivity contribution >= 4 is 17.3 Å². The molecule has 0 saturated heterocycles. The molecule has 1 unspecified atom stereocenters. The van der Waals surface area contributed by atoms with Crippen molar-refractivity contribution in [3.63, 3.8) is 0 Å². The van der Waals surface area contributed by atoms with E-state index in [2.05, 4.69) is 4.74 Å². The van der Waals surface area contributed by atoms with E-state index in [1.807, 2.05) is 6.07 Å². The third kappa shape index (κ3) is 7.47. The Bertz CT molecular complexity index is 443. The normalized spacial score (nSPS) is 13.2. The highest BCUT2D eigenvalue weighted by Gasteiger charge is 2.26. The molecule has 0 aromatic carbocycles. The molecule has 1 aromatic heterocycles. The topological polar surface area (TPSA) is 46.5 Å². The van der Waals surface area contributed by atoms with Gasteiger partial charge in [-0.3, -0.25) is 4.79 Å². The largest absolute Gasteiger partial charge is 0.469 e. The van der Waals surface area contributed by atoms with Crippen molar-refractivity contribution in [2.45, 2.75) is 50.8 Å². The number of hydrogen-bond acceptors (Lipinski definition) is 4. The molecule has 1 N–H and O–H groups in total. The fraction of sp³-hybridized carbons (Fsp3) is 0.643. The van der Waals surface area contributed by atoms with Gasteiger partial charge >= 0.3 is 12.1 Å². The van der Waals surface area contributed by atoms with Crippen LogP contribution in [0.15, 0.2) is 12.1 Å². The lowest BCUT2D eigenvalue weighted by atomic mass is 10.1. The van der Waals surface area contributed by atoms with Crippen molar-refractivity contribution < 1.29 is 27.8 Å². The van der Waals surface area contributed by atoms with Crippen LogP contribution >= 0.6 is 11.3 Å².